The fraction of sp³-hybridized carbons (Fsp3) is 0.167. The number of para-hydroxylation sites is 2. The number of carbonyl (C=O) groups is 2. The van der Waals surface area contributed by atoms with Gasteiger partial charge < -0.3 is 0 Å². The maximum atomic E-state index is 13.6. The average Bonchev–Trinajstić information content (AvgIpc) is 3.26. The number of hydrogen-bond donors (Lipinski definition) is 0. The minimum absolute atomic E-state index is 0.313. The molecule has 0 spiro atoms. The molecule has 3 atom stereocenters. The van der Waals surface area contributed by atoms with Crippen LogP contribution >= 0.6 is 0 Å². The molecule has 5 rings (SSSR count). The summed E-state index contributed by atoms with van der Waals surface area (Å²) in [5, 5.41) is 1.60. The molecule has 0 radical (unpaired) electrons. The fourth-order valence-corrected chi connectivity index (χ4v) is 4.26. The van der Waals surface area contributed by atoms with Crippen LogP contribution in [0.15, 0.2) is 78.9 Å². The van der Waals surface area contributed by atoms with Gasteiger partial charge in [0.2, 0.25) is 5.91 Å². The van der Waals surface area contributed by atoms with Crippen molar-refractivity contribution in [3.05, 3.63) is 95.8 Å². The number of hydrogen-bond acceptors (Lipinski definition) is 4. The van der Waals surface area contributed by atoms with Gasteiger partial charge in [0.1, 0.15) is 11.7 Å². The van der Waals surface area contributed by atoms with E-state index in [-0.39, 0.29) is 17.6 Å². The first-order valence-electron chi connectivity index (χ1n) is 9.76. The van der Waals surface area contributed by atoms with Crippen LogP contribution < -0.4 is 9.96 Å². The first-order chi connectivity index (χ1) is 14.6. The van der Waals surface area contributed by atoms with E-state index in [1.54, 1.807) is 29.3 Å². The Morgan fingerprint density at radius 2 is 1.50 bits per heavy atom. The number of carbonyl (C=O) groups excluding carboxylic acids is 2. The van der Waals surface area contributed by atoms with Gasteiger partial charge >= 0.3 is 0 Å². The molecule has 150 valence electrons. The monoisotopic (exact) mass is 402 g/mol. The van der Waals surface area contributed by atoms with Crippen molar-refractivity contribution in [1.29, 1.82) is 0 Å². The zero-order valence-electron chi connectivity index (χ0n) is 16.2. The molecule has 2 heterocycles. The highest BCUT2D eigenvalue weighted by Crippen LogP contribution is 2.47. The molecule has 5 nitrogen and oxygen atoms in total. The van der Waals surface area contributed by atoms with E-state index in [0.29, 0.717) is 11.3 Å². The van der Waals surface area contributed by atoms with Gasteiger partial charge in [-0.1, -0.05) is 48.5 Å². The van der Waals surface area contributed by atoms with Crippen LogP contribution in [0, 0.1) is 18.7 Å². The van der Waals surface area contributed by atoms with Gasteiger partial charge in [-0.2, -0.15) is 0 Å². The molecule has 0 bridgehead atoms. The minimum Gasteiger partial charge on any atom is -0.273 e. The highest BCUT2D eigenvalue weighted by atomic mass is 19.1. The molecule has 3 aromatic rings. The van der Waals surface area contributed by atoms with Gasteiger partial charge in [-0.3, -0.25) is 14.4 Å². The molecule has 3 aromatic carbocycles. The van der Waals surface area contributed by atoms with E-state index in [1.807, 2.05) is 49.4 Å². The van der Waals surface area contributed by atoms with Gasteiger partial charge in [-0.25, -0.2) is 14.4 Å². The van der Waals surface area contributed by atoms with Crippen molar-refractivity contribution in [1.82, 2.24) is 0 Å². The second kappa shape index (κ2) is 7.07. The topological polar surface area (TPSA) is 49.9 Å². The lowest BCUT2D eigenvalue weighted by atomic mass is 9.90. The number of imide groups is 1. The van der Waals surface area contributed by atoms with E-state index in [4.69, 9.17) is 4.84 Å². The lowest BCUT2D eigenvalue weighted by molar-refractivity contribution is -0.126. The molecular weight excluding hydrogens is 383 g/mol. The van der Waals surface area contributed by atoms with Crippen molar-refractivity contribution < 1.29 is 18.8 Å². The SMILES string of the molecule is Cc1ccccc1N1C(=O)[C@H]2[C@H](ON(c3ccccc3)[C@H]2c2ccc(F)cc2)C1=O. The molecule has 2 aliphatic rings. The summed E-state index contributed by atoms with van der Waals surface area (Å²) >= 11 is 0. The van der Waals surface area contributed by atoms with Gasteiger partial charge in [0, 0.05) is 0 Å². The Morgan fingerprint density at radius 3 is 2.20 bits per heavy atom. The Labute approximate surface area is 173 Å². The van der Waals surface area contributed by atoms with Crippen LogP contribution in [0.25, 0.3) is 0 Å². The van der Waals surface area contributed by atoms with E-state index >= 15 is 0 Å². The summed E-state index contributed by atoms with van der Waals surface area (Å²) in [4.78, 5) is 34.0. The predicted octanol–water partition coefficient (Wildman–Crippen LogP) is 4.19. The average molecular weight is 402 g/mol. The van der Waals surface area contributed by atoms with Crippen LogP contribution in [0.1, 0.15) is 17.2 Å². The number of rotatable bonds is 3. The fourth-order valence-electron chi connectivity index (χ4n) is 4.26. The molecule has 0 saturated carbocycles. The van der Waals surface area contributed by atoms with E-state index in [9.17, 15) is 14.0 Å². The van der Waals surface area contributed by atoms with Crippen LogP contribution in [0.5, 0.6) is 0 Å². The molecule has 2 saturated heterocycles. The van der Waals surface area contributed by atoms with E-state index in [2.05, 4.69) is 0 Å². The van der Waals surface area contributed by atoms with Crippen molar-refractivity contribution in [2.45, 2.75) is 19.1 Å². The molecule has 30 heavy (non-hydrogen) atoms. The predicted molar refractivity (Wildman–Crippen MR) is 110 cm³/mol. The summed E-state index contributed by atoms with van der Waals surface area (Å²) in [6, 6.07) is 22.0. The Balaban J connectivity index is 1.60. The Kier molecular flexibility index (Phi) is 4.37. The maximum absolute atomic E-state index is 13.6. The Hall–Kier alpha value is -3.51. The van der Waals surface area contributed by atoms with Crippen LogP contribution in [0.2, 0.25) is 0 Å². The third-order valence-corrected chi connectivity index (χ3v) is 5.69. The first kappa shape index (κ1) is 18.5. The lowest BCUT2D eigenvalue weighted by Gasteiger charge is -2.29. The molecule has 2 amide bonds. The number of amides is 2. The molecule has 2 fully saturated rings. The zero-order valence-corrected chi connectivity index (χ0v) is 16.2. The highest BCUT2D eigenvalue weighted by Gasteiger charge is 2.60. The third-order valence-electron chi connectivity index (χ3n) is 5.69. The zero-order chi connectivity index (χ0) is 20.8. The van der Waals surface area contributed by atoms with Gasteiger partial charge in [-0.15, -0.1) is 0 Å². The highest BCUT2D eigenvalue weighted by molar-refractivity contribution is 6.24. The minimum atomic E-state index is -0.938. The van der Waals surface area contributed by atoms with Gasteiger partial charge in [0.05, 0.1) is 17.4 Å². The molecular formula is C24H19FN2O3. The second-order valence-corrected chi connectivity index (χ2v) is 7.51. The van der Waals surface area contributed by atoms with Crippen molar-refractivity contribution >= 4 is 23.2 Å². The van der Waals surface area contributed by atoms with E-state index in [1.165, 1.54) is 17.0 Å². The third kappa shape index (κ3) is 2.80. The van der Waals surface area contributed by atoms with Crippen molar-refractivity contribution in [2.24, 2.45) is 5.92 Å². The number of nitrogens with zero attached hydrogens (tertiary/aromatic N) is 2. The van der Waals surface area contributed by atoms with Gasteiger partial charge in [0.15, 0.2) is 6.10 Å². The molecule has 0 aliphatic carbocycles. The maximum Gasteiger partial charge on any atom is 0.266 e. The molecule has 6 heteroatoms. The van der Waals surface area contributed by atoms with Crippen LogP contribution in [-0.2, 0) is 14.4 Å². The number of hydroxylamine groups is 1. The van der Waals surface area contributed by atoms with Crippen LogP contribution in [0.4, 0.5) is 15.8 Å². The Morgan fingerprint density at radius 1 is 0.833 bits per heavy atom. The smallest absolute Gasteiger partial charge is 0.266 e. The summed E-state index contributed by atoms with van der Waals surface area (Å²) < 4.78 is 13.6. The summed E-state index contributed by atoms with van der Waals surface area (Å²) in [6.45, 7) is 1.86. The summed E-state index contributed by atoms with van der Waals surface area (Å²) in [6.07, 6.45) is -0.938. The molecule has 0 N–H and O–H groups in total. The van der Waals surface area contributed by atoms with E-state index < -0.39 is 18.1 Å². The van der Waals surface area contributed by atoms with Gasteiger partial charge in [0.25, 0.3) is 5.91 Å². The number of anilines is 2. The number of fused-ring (bicyclic) bond motifs is 1. The molecule has 2 aliphatic heterocycles. The van der Waals surface area contributed by atoms with E-state index in [0.717, 1.165) is 11.3 Å². The summed E-state index contributed by atoms with van der Waals surface area (Å²) in [5.41, 5.74) is 2.83. The lowest BCUT2D eigenvalue weighted by Crippen LogP contribution is -2.37. The number of aryl methyl sites for hydroxylation is 1. The molecule has 0 aromatic heterocycles. The van der Waals surface area contributed by atoms with Crippen molar-refractivity contribution in [3.63, 3.8) is 0 Å². The number of halogens is 1. The first-order valence-corrected chi connectivity index (χ1v) is 9.76. The molecule has 0 unspecified atom stereocenters. The van der Waals surface area contributed by atoms with Crippen molar-refractivity contribution in [3.8, 4) is 0 Å². The van der Waals surface area contributed by atoms with Crippen LogP contribution in [-0.4, -0.2) is 17.9 Å². The largest absolute Gasteiger partial charge is 0.273 e. The summed E-state index contributed by atoms with van der Waals surface area (Å²) in [5.74, 6) is -1.80. The number of benzene rings is 3. The van der Waals surface area contributed by atoms with Gasteiger partial charge in [-0.05, 0) is 48.4 Å². The Bertz CT molecular complexity index is 1120. The van der Waals surface area contributed by atoms with Crippen LogP contribution in [0.3, 0.4) is 0 Å². The normalized spacial score (nSPS) is 23.2. The summed E-state index contributed by atoms with van der Waals surface area (Å²) in [7, 11) is 0. The van der Waals surface area contributed by atoms with Crippen molar-refractivity contribution in [2.75, 3.05) is 9.96 Å². The quantitative estimate of drug-likeness (QED) is 0.617. The standard InChI is InChI=1S/C24H19FN2O3/c1-15-7-5-6-10-19(15)26-23(28)20-21(16-11-13-17(25)14-12-16)27(30-22(20)24(26)29)18-8-3-2-4-9-18/h2-14,20-22H,1H3/t20-,21+,22+/m1/s1. The second-order valence-electron chi connectivity index (χ2n) is 7.51.